The monoisotopic (exact) mass is 238 g/mol. The molecular weight excluding hydrogens is 227 g/mol. The third-order valence-electron chi connectivity index (χ3n) is 2.72. The van der Waals surface area contributed by atoms with Crippen LogP contribution in [0.1, 0.15) is 24.8 Å². The van der Waals surface area contributed by atoms with Gasteiger partial charge in [-0.05, 0) is 48.6 Å². The lowest BCUT2D eigenvalue weighted by Crippen LogP contribution is -2.21. The molecule has 1 atom stereocenters. The standard InChI is InChI=1S/C13H12ClFO/c14-12-3-1-2-10(13(12)16)8-9-4-6-11(15)7-5-9/h4-8,12H,1-3H2. The molecule has 0 amide bonds. The van der Waals surface area contributed by atoms with E-state index in [4.69, 9.17) is 11.6 Å². The Bertz CT molecular complexity index is 422. The molecule has 1 aliphatic carbocycles. The summed E-state index contributed by atoms with van der Waals surface area (Å²) >= 11 is 5.90. The molecule has 16 heavy (non-hydrogen) atoms. The summed E-state index contributed by atoms with van der Waals surface area (Å²) in [5, 5.41) is -0.388. The zero-order valence-electron chi connectivity index (χ0n) is 8.75. The summed E-state index contributed by atoms with van der Waals surface area (Å²) in [6.45, 7) is 0. The van der Waals surface area contributed by atoms with Gasteiger partial charge in [-0.3, -0.25) is 4.79 Å². The third-order valence-corrected chi connectivity index (χ3v) is 3.13. The SMILES string of the molecule is O=C1C(=Cc2ccc(F)cc2)CCCC1Cl. The van der Waals surface area contributed by atoms with E-state index in [-0.39, 0.29) is 17.0 Å². The molecular formula is C13H12ClFO. The molecule has 0 spiro atoms. The molecule has 0 aliphatic heterocycles. The Morgan fingerprint density at radius 2 is 2.00 bits per heavy atom. The lowest BCUT2D eigenvalue weighted by molar-refractivity contribution is -0.116. The van der Waals surface area contributed by atoms with Crippen LogP contribution in [-0.4, -0.2) is 11.2 Å². The minimum atomic E-state index is -0.388. The van der Waals surface area contributed by atoms with Gasteiger partial charge in [0.05, 0.1) is 5.38 Å². The van der Waals surface area contributed by atoms with Crippen molar-refractivity contribution in [3.05, 3.63) is 41.2 Å². The molecule has 0 bridgehead atoms. The second kappa shape index (κ2) is 4.79. The Labute approximate surface area is 98.9 Å². The van der Waals surface area contributed by atoms with Gasteiger partial charge in [0, 0.05) is 0 Å². The maximum Gasteiger partial charge on any atom is 0.176 e. The first-order valence-electron chi connectivity index (χ1n) is 5.31. The van der Waals surface area contributed by atoms with Crippen LogP contribution < -0.4 is 0 Å². The lowest BCUT2D eigenvalue weighted by atomic mass is 9.92. The minimum absolute atomic E-state index is 0.0113. The van der Waals surface area contributed by atoms with Crippen molar-refractivity contribution in [1.82, 2.24) is 0 Å². The van der Waals surface area contributed by atoms with Crippen molar-refractivity contribution < 1.29 is 9.18 Å². The number of benzene rings is 1. The van der Waals surface area contributed by atoms with Crippen LogP contribution in [0.4, 0.5) is 4.39 Å². The highest BCUT2D eigenvalue weighted by Crippen LogP contribution is 2.25. The highest BCUT2D eigenvalue weighted by atomic mass is 35.5. The molecule has 0 N–H and O–H groups in total. The smallest absolute Gasteiger partial charge is 0.176 e. The van der Waals surface area contributed by atoms with E-state index in [9.17, 15) is 9.18 Å². The zero-order valence-corrected chi connectivity index (χ0v) is 9.51. The van der Waals surface area contributed by atoms with Crippen LogP contribution in [0.3, 0.4) is 0 Å². The number of alkyl halides is 1. The van der Waals surface area contributed by atoms with E-state index >= 15 is 0 Å². The fraction of sp³-hybridized carbons (Fsp3) is 0.308. The van der Waals surface area contributed by atoms with E-state index in [0.29, 0.717) is 0 Å². The lowest BCUT2D eigenvalue weighted by Gasteiger charge is -2.17. The number of rotatable bonds is 1. The van der Waals surface area contributed by atoms with Crippen molar-refractivity contribution >= 4 is 23.5 Å². The quantitative estimate of drug-likeness (QED) is 0.540. The third kappa shape index (κ3) is 2.50. The van der Waals surface area contributed by atoms with Gasteiger partial charge in [-0.2, -0.15) is 0 Å². The van der Waals surface area contributed by atoms with E-state index in [1.54, 1.807) is 18.2 Å². The number of carbonyl (C=O) groups excluding carboxylic acids is 1. The number of Topliss-reactive ketones (excluding diaryl/α,β-unsaturated/α-hetero) is 1. The normalized spacial score (nSPS) is 23.8. The van der Waals surface area contributed by atoms with Gasteiger partial charge < -0.3 is 0 Å². The van der Waals surface area contributed by atoms with Crippen LogP contribution in [0.2, 0.25) is 0 Å². The zero-order chi connectivity index (χ0) is 11.5. The molecule has 84 valence electrons. The predicted octanol–water partition coefficient (Wildman–Crippen LogP) is 3.57. The van der Waals surface area contributed by atoms with E-state index in [2.05, 4.69) is 0 Å². The Morgan fingerprint density at radius 1 is 1.31 bits per heavy atom. The Morgan fingerprint density at radius 3 is 2.69 bits per heavy atom. The van der Waals surface area contributed by atoms with Crippen molar-refractivity contribution in [3.8, 4) is 0 Å². The number of ketones is 1. The molecule has 1 saturated carbocycles. The first-order valence-corrected chi connectivity index (χ1v) is 5.75. The first-order chi connectivity index (χ1) is 7.66. The molecule has 0 radical (unpaired) electrons. The van der Waals surface area contributed by atoms with Gasteiger partial charge in [-0.25, -0.2) is 4.39 Å². The molecule has 1 fully saturated rings. The summed E-state index contributed by atoms with van der Waals surface area (Å²) in [6.07, 6.45) is 4.25. The fourth-order valence-electron chi connectivity index (χ4n) is 1.83. The van der Waals surface area contributed by atoms with E-state index in [1.807, 2.05) is 0 Å². The molecule has 1 unspecified atom stereocenters. The van der Waals surface area contributed by atoms with Crippen molar-refractivity contribution in [1.29, 1.82) is 0 Å². The van der Waals surface area contributed by atoms with Crippen LogP contribution >= 0.6 is 11.6 Å². The summed E-state index contributed by atoms with van der Waals surface area (Å²) < 4.78 is 12.7. The largest absolute Gasteiger partial charge is 0.293 e. The molecule has 3 heteroatoms. The maximum atomic E-state index is 12.7. The summed E-state index contributed by atoms with van der Waals surface area (Å²) in [7, 11) is 0. The number of hydrogen-bond acceptors (Lipinski definition) is 1. The second-order valence-corrected chi connectivity index (χ2v) is 4.47. The van der Waals surface area contributed by atoms with Crippen LogP contribution in [0.15, 0.2) is 29.8 Å². The number of halogens is 2. The maximum absolute atomic E-state index is 12.7. The first kappa shape index (κ1) is 11.3. The molecule has 1 aromatic carbocycles. The molecule has 1 aromatic rings. The minimum Gasteiger partial charge on any atom is -0.293 e. The molecule has 0 saturated heterocycles. The molecule has 1 nitrogen and oxygen atoms in total. The van der Waals surface area contributed by atoms with Gasteiger partial charge in [0.15, 0.2) is 5.78 Å². The number of allylic oxidation sites excluding steroid dienone is 1. The van der Waals surface area contributed by atoms with Crippen LogP contribution in [-0.2, 0) is 4.79 Å². The predicted molar refractivity (Wildman–Crippen MR) is 62.9 cm³/mol. The van der Waals surface area contributed by atoms with Gasteiger partial charge in [0.25, 0.3) is 0 Å². The van der Waals surface area contributed by atoms with Gasteiger partial charge >= 0.3 is 0 Å². The van der Waals surface area contributed by atoms with Gasteiger partial charge in [0.1, 0.15) is 5.82 Å². The van der Waals surface area contributed by atoms with Crippen LogP contribution in [0.5, 0.6) is 0 Å². The summed E-state index contributed by atoms with van der Waals surface area (Å²) in [5.74, 6) is -0.260. The highest BCUT2D eigenvalue weighted by Gasteiger charge is 2.23. The summed E-state index contributed by atoms with van der Waals surface area (Å²) in [6, 6.07) is 6.09. The molecule has 1 aliphatic rings. The van der Waals surface area contributed by atoms with Crippen molar-refractivity contribution in [2.75, 3.05) is 0 Å². The van der Waals surface area contributed by atoms with E-state index in [1.165, 1.54) is 12.1 Å². The van der Waals surface area contributed by atoms with Crippen LogP contribution in [0, 0.1) is 5.82 Å². The summed E-state index contributed by atoms with van der Waals surface area (Å²) in [5.41, 5.74) is 1.59. The van der Waals surface area contributed by atoms with Crippen molar-refractivity contribution in [3.63, 3.8) is 0 Å². The Kier molecular flexibility index (Phi) is 3.39. The highest BCUT2D eigenvalue weighted by molar-refractivity contribution is 6.34. The number of hydrogen-bond donors (Lipinski definition) is 0. The fourth-order valence-corrected chi connectivity index (χ4v) is 2.13. The van der Waals surface area contributed by atoms with Gasteiger partial charge in [-0.15, -0.1) is 11.6 Å². The second-order valence-electron chi connectivity index (χ2n) is 3.95. The van der Waals surface area contributed by atoms with Gasteiger partial charge in [0.2, 0.25) is 0 Å². The average Bonchev–Trinajstić information content (AvgIpc) is 2.28. The average molecular weight is 239 g/mol. The van der Waals surface area contributed by atoms with Crippen molar-refractivity contribution in [2.24, 2.45) is 0 Å². The summed E-state index contributed by atoms with van der Waals surface area (Å²) in [4.78, 5) is 11.7. The van der Waals surface area contributed by atoms with Gasteiger partial charge in [-0.1, -0.05) is 12.1 Å². The van der Waals surface area contributed by atoms with Crippen LogP contribution in [0.25, 0.3) is 6.08 Å². The van der Waals surface area contributed by atoms with E-state index in [0.717, 1.165) is 30.4 Å². The number of carbonyl (C=O) groups is 1. The molecule has 0 aromatic heterocycles. The molecule has 2 rings (SSSR count). The molecule has 0 heterocycles. The van der Waals surface area contributed by atoms with Crippen molar-refractivity contribution in [2.45, 2.75) is 24.6 Å². The van der Waals surface area contributed by atoms with E-state index < -0.39 is 0 Å². The Balaban J connectivity index is 2.23. The topological polar surface area (TPSA) is 17.1 Å². The Hall–Kier alpha value is -1.15.